The molecule has 0 bridgehead atoms. The summed E-state index contributed by atoms with van der Waals surface area (Å²) in [4.78, 5) is 41.9. The molecule has 1 aromatic carbocycles. The molecular weight excluding hydrogens is 575 g/mol. The van der Waals surface area contributed by atoms with Gasteiger partial charge in [-0.3, -0.25) is 9.69 Å². The number of piperidine rings is 2. The van der Waals surface area contributed by atoms with E-state index in [4.69, 9.17) is 14.6 Å². The van der Waals surface area contributed by atoms with Gasteiger partial charge in [-0.2, -0.15) is 13.2 Å². The smallest absolute Gasteiger partial charge is 0.475 e. The van der Waals surface area contributed by atoms with E-state index in [2.05, 4.69) is 16.7 Å². The number of alkyl halides is 3. The summed E-state index contributed by atoms with van der Waals surface area (Å²) >= 11 is 0. The standard InChI is InChI=1S/C31H47N3O3.C2HF3O2/c1-4-5-12-26-22-34(21-25-10-7-11-25)30(36)37-31(26)15-19-32(20-16-31)27-13-17-33(18-14-27)29(35)28-23(2)8-6-9-24(28)3;3-2(4,5)1(6)7/h6,8-9,25-27H,4-5,7,10-22H2,1-3H3;(H,6,7). The Hall–Kier alpha value is -2.82. The first-order chi connectivity index (χ1) is 20.8. The number of halogens is 3. The molecule has 1 unspecified atom stereocenters. The highest BCUT2D eigenvalue weighted by Crippen LogP contribution is 2.42. The zero-order valence-corrected chi connectivity index (χ0v) is 26.3. The van der Waals surface area contributed by atoms with Crippen molar-refractivity contribution in [2.45, 2.75) is 103 Å². The number of hydrogen-bond donors (Lipinski definition) is 1. The van der Waals surface area contributed by atoms with Gasteiger partial charge in [-0.1, -0.05) is 44.4 Å². The van der Waals surface area contributed by atoms with Gasteiger partial charge in [-0.25, -0.2) is 9.59 Å². The van der Waals surface area contributed by atoms with Gasteiger partial charge in [-0.05, 0) is 63.0 Å². The van der Waals surface area contributed by atoms with Crippen LogP contribution >= 0.6 is 0 Å². The number of carbonyl (C=O) groups excluding carboxylic acids is 2. The normalized spacial score (nSPS) is 23.0. The summed E-state index contributed by atoms with van der Waals surface area (Å²) in [5, 5.41) is 7.12. The number of ether oxygens (including phenoxy) is 1. The molecule has 4 aliphatic rings. The predicted octanol–water partition coefficient (Wildman–Crippen LogP) is 6.43. The minimum atomic E-state index is -5.08. The maximum atomic E-state index is 13.3. The third-order valence-electron chi connectivity index (χ3n) is 10.2. The van der Waals surface area contributed by atoms with Crippen LogP contribution in [0.2, 0.25) is 0 Å². The second-order valence-corrected chi connectivity index (χ2v) is 13.1. The molecule has 5 rings (SSSR count). The van der Waals surface area contributed by atoms with Crippen molar-refractivity contribution in [3.05, 3.63) is 34.9 Å². The van der Waals surface area contributed by atoms with Crippen molar-refractivity contribution >= 4 is 18.0 Å². The third kappa shape index (κ3) is 8.06. The molecule has 1 N–H and O–H groups in total. The molecule has 11 heteroatoms. The molecule has 1 spiro atoms. The first kappa shape index (κ1) is 34.1. The van der Waals surface area contributed by atoms with Crippen LogP contribution in [0.5, 0.6) is 0 Å². The van der Waals surface area contributed by atoms with Gasteiger partial charge in [0.05, 0.1) is 0 Å². The molecule has 0 aromatic heterocycles. The topological polar surface area (TPSA) is 90.4 Å². The predicted molar refractivity (Wildman–Crippen MR) is 160 cm³/mol. The molecule has 2 amide bonds. The maximum absolute atomic E-state index is 13.3. The van der Waals surface area contributed by atoms with E-state index in [0.29, 0.717) is 17.9 Å². The minimum Gasteiger partial charge on any atom is -0.475 e. The van der Waals surface area contributed by atoms with E-state index in [9.17, 15) is 22.8 Å². The average Bonchev–Trinajstić information content (AvgIpc) is 2.95. The Labute approximate surface area is 258 Å². The van der Waals surface area contributed by atoms with Crippen molar-refractivity contribution in [1.29, 1.82) is 0 Å². The molecule has 1 aliphatic carbocycles. The van der Waals surface area contributed by atoms with E-state index in [1.54, 1.807) is 0 Å². The average molecular weight is 624 g/mol. The van der Waals surface area contributed by atoms with Crippen LogP contribution in [0, 0.1) is 25.7 Å². The number of benzene rings is 1. The molecule has 44 heavy (non-hydrogen) atoms. The number of likely N-dealkylation sites (tertiary alicyclic amines) is 2. The number of unbranched alkanes of at least 4 members (excludes halogenated alkanes) is 1. The fourth-order valence-corrected chi connectivity index (χ4v) is 7.29. The number of aliphatic carboxylic acids is 1. The van der Waals surface area contributed by atoms with Crippen LogP contribution in [0.1, 0.15) is 92.6 Å². The molecule has 4 fully saturated rings. The van der Waals surface area contributed by atoms with Crippen molar-refractivity contribution in [1.82, 2.24) is 14.7 Å². The molecule has 246 valence electrons. The van der Waals surface area contributed by atoms with E-state index < -0.39 is 12.1 Å². The third-order valence-corrected chi connectivity index (χ3v) is 10.2. The summed E-state index contributed by atoms with van der Waals surface area (Å²) in [6, 6.07) is 6.62. The lowest BCUT2D eigenvalue weighted by Crippen LogP contribution is -2.61. The zero-order valence-electron chi connectivity index (χ0n) is 26.3. The lowest BCUT2D eigenvalue weighted by Gasteiger charge is -2.52. The first-order valence-corrected chi connectivity index (χ1v) is 16.2. The Morgan fingerprint density at radius 3 is 2.11 bits per heavy atom. The second-order valence-electron chi connectivity index (χ2n) is 13.1. The van der Waals surface area contributed by atoms with Gasteiger partial charge in [0.25, 0.3) is 5.91 Å². The molecule has 1 aromatic rings. The van der Waals surface area contributed by atoms with E-state index in [1.165, 1.54) is 32.1 Å². The molecular formula is C33H48F3N3O5. The summed E-state index contributed by atoms with van der Waals surface area (Å²) in [5.74, 6) is -1.44. The highest BCUT2D eigenvalue weighted by Gasteiger charge is 2.50. The maximum Gasteiger partial charge on any atom is 0.490 e. The van der Waals surface area contributed by atoms with Gasteiger partial charge < -0.3 is 19.6 Å². The van der Waals surface area contributed by atoms with Gasteiger partial charge in [0, 0.05) is 69.6 Å². The molecule has 3 saturated heterocycles. The number of rotatable bonds is 7. The fraction of sp³-hybridized carbons (Fsp3) is 0.727. The van der Waals surface area contributed by atoms with Gasteiger partial charge in [-0.15, -0.1) is 0 Å². The summed E-state index contributed by atoms with van der Waals surface area (Å²) in [6.07, 6.45) is 6.19. The Kier molecular flexibility index (Phi) is 11.2. The SMILES string of the molecule is CCCCC1CN(CC2CCC2)C(=O)OC12CCN(C1CCN(C(=O)c3c(C)cccc3C)CC1)CC2.O=C(O)C(F)(F)F. The van der Waals surface area contributed by atoms with Crippen LogP contribution in [0.4, 0.5) is 18.0 Å². The molecule has 3 aliphatic heterocycles. The molecule has 1 saturated carbocycles. The fourth-order valence-electron chi connectivity index (χ4n) is 7.29. The van der Waals surface area contributed by atoms with Gasteiger partial charge >= 0.3 is 18.2 Å². The number of carboxylic acids is 1. The van der Waals surface area contributed by atoms with Gasteiger partial charge in [0.1, 0.15) is 5.60 Å². The Morgan fingerprint density at radius 1 is 1.02 bits per heavy atom. The van der Waals surface area contributed by atoms with Crippen molar-refractivity contribution in [3.8, 4) is 0 Å². The second kappa shape index (κ2) is 14.5. The Morgan fingerprint density at radius 2 is 1.61 bits per heavy atom. The summed E-state index contributed by atoms with van der Waals surface area (Å²) in [5.41, 5.74) is 2.74. The van der Waals surface area contributed by atoms with Crippen LogP contribution in [0.3, 0.4) is 0 Å². The lowest BCUT2D eigenvalue weighted by molar-refractivity contribution is -0.192. The summed E-state index contributed by atoms with van der Waals surface area (Å²) < 4.78 is 38.1. The van der Waals surface area contributed by atoms with Crippen molar-refractivity contribution < 1.29 is 37.4 Å². The molecule has 1 atom stereocenters. The number of hydrogen-bond acceptors (Lipinski definition) is 5. The van der Waals surface area contributed by atoms with Crippen LogP contribution in [-0.4, -0.2) is 94.9 Å². The van der Waals surface area contributed by atoms with Crippen LogP contribution in [-0.2, 0) is 9.53 Å². The summed E-state index contributed by atoms with van der Waals surface area (Å²) in [7, 11) is 0. The van der Waals surface area contributed by atoms with E-state index in [-0.39, 0.29) is 17.6 Å². The molecule has 3 heterocycles. The van der Waals surface area contributed by atoms with Crippen molar-refractivity contribution in [2.75, 3.05) is 39.3 Å². The van der Waals surface area contributed by atoms with E-state index in [1.807, 2.05) is 36.9 Å². The molecule has 8 nitrogen and oxygen atoms in total. The van der Waals surface area contributed by atoms with Crippen molar-refractivity contribution in [2.24, 2.45) is 11.8 Å². The minimum absolute atomic E-state index is 0.0635. The lowest BCUT2D eigenvalue weighted by atomic mass is 9.74. The quantitative estimate of drug-likeness (QED) is 0.376. The Bertz CT molecular complexity index is 1140. The van der Waals surface area contributed by atoms with Crippen LogP contribution in [0.15, 0.2) is 18.2 Å². The zero-order chi connectivity index (χ0) is 32.1. The monoisotopic (exact) mass is 623 g/mol. The molecule has 0 radical (unpaired) electrons. The number of amides is 2. The largest absolute Gasteiger partial charge is 0.490 e. The van der Waals surface area contributed by atoms with Gasteiger partial charge in [0.2, 0.25) is 0 Å². The highest BCUT2D eigenvalue weighted by molar-refractivity contribution is 5.97. The number of carbonyl (C=O) groups is 3. The van der Waals surface area contributed by atoms with Crippen LogP contribution < -0.4 is 0 Å². The van der Waals surface area contributed by atoms with Crippen molar-refractivity contribution in [3.63, 3.8) is 0 Å². The Balaban J connectivity index is 0.000000566. The summed E-state index contributed by atoms with van der Waals surface area (Å²) in [6.45, 7) is 11.7. The van der Waals surface area contributed by atoms with Crippen LogP contribution in [0.25, 0.3) is 0 Å². The number of carboxylic acid groups (broad SMARTS) is 1. The van der Waals surface area contributed by atoms with E-state index >= 15 is 0 Å². The van der Waals surface area contributed by atoms with Gasteiger partial charge in [0.15, 0.2) is 0 Å². The first-order valence-electron chi connectivity index (χ1n) is 16.2. The van der Waals surface area contributed by atoms with E-state index in [0.717, 1.165) is 88.1 Å². The number of nitrogens with zero attached hydrogens (tertiary/aromatic N) is 3. The number of aryl methyl sites for hydroxylation is 2. The highest BCUT2D eigenvalue weighted by atomic mass is 19.4.